The van der Waals surface area contributed by atoms with Gasteiger partial charge >= 0.3 is 5.97 Å². The van der Waals surface area contributed by atoms with Gasteiger partial charge in [0.25, 0.3) is 5.91 Å². The Morgan fingerprint density at radius 3 is 2.63 bits per heavy atom. The minimum Gasteiger partial charge on any atom is -0.484 e. The van der Waals surface area contributed by atoms with E-state index in [9.17, 15) is 9.59 Å². The van der Waals surface area contributed by atoms with Crippen LogP contribution in [0.5, 0.6) is 5.75 Å². The van der Waals surface area contributed by atoms with Gasteiger partial charge in [-0.3, -0.25) is 9.59 Å². The lowest BCUT2D eigenvalue weighted by molar-refractivity contribution is -0.141. The first-order valence-electron chi connectivity index (χ1n) is 5.95. The van der Waals surface area contributed by atoms with Gasteiger partial charge in [0.05, 0.1) is 5.92 Å². The Balaban J connectivity index is 1.82. The number of aliphatic carboxylic acids is 1. The van der Waals surface area contributed by atoms with Gasteiger partial charge in [0.15, 0.2) is 6.61 Å². The van der Waals surface area contributed by atoms with Crippen LogP contribution in [-0.2, 0) is 9.59 Å². The van der Waals surface area contributed by atoms with Gasteiger partial charge in [-0.25, -0.2) is 0 Å². The van der Waals surface area contributed by atoms with Crippen molar-refractivity contribution >= 4 is 34.5 Å². The highest BCUT2D eigenvalue weighted by molar-refractivity contribution is 14.1. The van der Waals surface area contributed by atoms with E-state index in [2.05, 4.69) is 22.6 Å². The second-order valence-electron chi connectivity index (χ2n) is 4.41. The van der Waals surface area contributed by atoms with Gasteiger partial charge in [-0.2, -0.15) is 0 Å². The largest absolute Gasteiger partial charge is 0.484 e. The minimum atomic E-state index is -0.839. The number of hydrogen-bond donors (Lipinski definition) is 1. The van der Waals surface area contributed by atoms with E-state index >= 15 is 0 Å². The van der Waals surface area contributed by atoms with Gasteiger partial charge < -0.3 is 14.7 Å². The molecule has 6 heteroatoms. The van der Waals surface area contributed by atoms with Crippen LogP contribution in [-0.4, -0.2) is 41.6 Å². The molecule has 1 aromatic rings. The molecule has 2 rings (SSSR count). The van der Waals surface area contributed by atoms with Crippen molar-refractivity contribution in [3.05, 3.63) is 27.8 Å². The monoisotopic (exact) mass is 375 g/mol. The summed E-state index contributed by atoms with van der Waals surface area (Å²) in [6.45, 7) is 0.725. The summed E-state index contributed by atoms with van der Waals surface area (Å²) in [5.41, 5.74) is 0. The molecule has 1 amide bonds. The second kappa shape index (κ2) is 6.23. The molecule has 1 N–H and O–H groups in total. The molecule has 1 heterocycles. The van der Waals surface area contributed by atoms with Crippen molar-refractivity contribution in [1.29, 1.82) is 0 Å². The van der Waals surface area contributed by atoms with Gasteiger partial charge in [-0.1, -0.05) is 0 Å². The molecule has 1 aliphatic heterocycles. The summed E-state index contributed by atoms with van der Waals surface area (Å²) in [6, 6.07) is 7.41. The lowest BCUT2D eigenvalue weighted by Gasteiger charge is -2.16. The lowest BCUT2D eigenvalue weighted by Crippen LogP contribution is -2.33. The summed E-state index contributed by atoms with van der Waals surface area (Å²) in [5, 5.41) is 8.88. The summed E-state index contributed by atoms with van der Waals surface area (Å²) < 4.78 is 6.49. The molecule has 102 valence electrons. The number of carboxylic acids is 1. The third kappa shape index (κ3) is 3.82. The lowest BCUT2D eigenvalue weighted by atomic mass is 10.1. The fourth-order valence-electron chi connectivity index (χ4n) is 1.96. The van der Waals surface area contributed by atoms with Crippen LogP contribution in [0.25, 0.3) is 0 Å². The molecule has 19 heavy (non-hydrogen) atoms. The zero-order valence-corrected chi connectivity index (χ0v) is 12.4. The van der Waals surface area contributed by atoms with Gasteiger partial charge in [-0.05, 0) is 53.3 Å². The van der Waals surface area contributed by atoms with Gasteiger partial charge in [-0.15, -0.1) is 0 Å². The summed E-state index contributed by atoms with van der Waals surface area (Å²) >= 11 is 2.19. The van der Waals surface area contributed by atoms with Crippen molar-refractivity contribution in [2.75, 3.05) is 19.7 Å². The van der Waals surface area contributed by atoms with Crippen molar-refractivity contribution in [3.8, 4) is 5.75 Å². The van der Waals surface area contributed by atoms with E-state index < -0.39 is 11.9 Å². The van der Waals surface area contributed by atoms with Crippen molar-refractivity contribution in [3.63, 3.8) is 0 Å². The van der Waals surface area contributed by atoms with Crippen molar-refractivity contribution in [1.82, 2.24) is 4.90 Å². The molecule has 0 saturated carbocycles. The summed E-state index contributed by atoms with van der Waals surface area (Å²) in [5.74, 6) is -0.804. The summed E-state index contributed by atoms with van der Waals surface area (Å²) in [6.07, 6.45) is 0.518. The Labute approximate surface area is 124 Å². The molecule has 1 fully saturated rings. The summed E-state index contributed by atoms with van der Waals surface area (Å²) in [7, 11) is 0. The smallest absolute Gasteiger partial charge is 0.308 e. The molecule has 0 aromatic heterocycles. The standard InChI is InChI=1S/C13H14INO4/c14-10-1-3-11(4-2-10)19-8-12(16)15-6-5-9(7-15)13(17)18/h1-4,9H,5-8H2,(H,17,18). The van der Waals surface area contributed by atoms with Crippen LogP contribution in [0.1, 0.15) is 6.42 Å². The van der Waals surface area contributed by atoms with Crippen molar-refractivity contribution < 1.29 is 19.4 Å². The molecular formula is C13H14INO4. The molecule has 1 aromatic carbocycles. The number of amides is 1. The predicted molar refractivity (Wildman–Crippen MR) is 77.0 cm³/mol. The number of carbonyl (C=O) groups excluding carboxylic acids is 1. The zero-order valence-electron chi connectivity index (χ0n) is 10.2. The number of nitrogens with zero attached hydrogens (tertiary/aromatic N) is 1. The molecule has 1 saturated heterocycles. The average molecular weight is 375 g/mol. The molecule has 0 radical (unpaired) electrons. The highest BCUT2D eigenvalue weighted by Crippen LogP contribution is 2.17. The number of halogens is 1. The Kier molecular flexibility index (Phi) is 4.62. The van der Waals surface area contributed by atoms with E-state index in [-0.39, 0.29) is 19.1 Å². The quantitative estimate of drug-likeness (QED) is 0.813. The van der Waals surface area contributed by atoms with E-state index in [0.29, 0.717) is 18.7 Å². The number of carbonyl (C=O) groups is 2. The summed E-state index contributed by atoms with van der Waals surface area (Å²) in [4.78, 5) is 24.2. The van der Waals surface area contributed by atoms with Crippen LogP contribution in [0.4, 0.5) is 0 Å². The Hall–Kier alpha value is -1.31. The number of carboxylic acid groups (broad SMARTS) is 1. The molecule has 1 aliphatic rings. The third-order valence-electron chi connectivity index (χ3n) is 3.07. The molecule has 0 spiro atoms. The number of likely N-dealkylation sites (tertiary alicyclic amines) is 1. The van der Waals surface area contributed by atoms with E-state index in [4.69, 9.17) is 9.84 Å². The number of benzene rings is 1. The van der Waals surface area contributed by atoms with Crippen LogP contribution in [0.15, 0.2) is 24.3 Å². The first-order valence-corrected chi connectivity index (χ1v) is 7.03. The topological polar surface area (TPSA) is 66.8 Å². The minimum absolute atomic E-state index is 0.0487. The number of ether oxygens (including phenoxy) is 1. The average Bonchev–Trinajstić information content (AvgIpc) is 2.87. The first kappa shape index (κ1) is 14.1. The molecule has 1 unspecified atom stereocenters. The van der Waals surface area contributed by atoms with E-state index in [1.54, 1.807) is 17.0 Å². The predicted octanol–water partition coefficient (Wildman–Crippen LogP) is 1.60. The van der Waals surface area contributed by atoms with Crippen LogP contribution >= 0.6 is 22.6 Å². The van der Waals surface area contributed by atoms with Crippen LogP contribution in [0, 0.1) is 9.49 Å². The van der Waals surface area contributed by atoms with Crippen molar-refractivity contribution in [2.45, 2.75) is 6.42 Å². The zero-order chi connectivity index (χ0) is 13.8. The van der Waals surface area contributed by atoms with Crippen LogP contribution in [0.3, 0.4) is 0 Å². The number of hydrogen-bond acceptors (Lipinski definition) is 3. The van der Waals surface area contributed by atoms with Crippen LogP contribution < -0.4 is 4.74 Å². The van der Waals surface area contributed by atoms with E-state index in [0.717, 1.165) is 3.57 Å². The molecule has 0 aliphatic carbocycles. The van der Waals surface area contributed by atoms with Crippen LogP contribution in [0.2, 0.25) is 0 Å². The Bertz CT molecular complexity index is 474. The first-order chi connectivity index (χ1) is 9.06. The van der Waals surface area contributed by atoms with E-state index in [1.807, 2.05) is 12.1 Å². The Morgan fingerprint density at radius 2 is 2.05 bits per heavy atom. The highest BCUT2D eigenvalue weighted by atomic mass is 127. The fourth-order valence-corrected chi connectivity index (χ4v) is 2.32. The second-order valence-corrected chi connectivity index (χ2v) is 5.65. The van der Waals surface area contributed by atoms with Crippen molar-refractivity contribution in [2.24, 2.45) is 5.92 Å². The molecule has 0 bridgehead atoms. The van der Waals surface area contributed by atoms with Gasteiger partial charge in [0, 0.05) is 16.7 Å². The normalized spacial score (nSPS) is 18.4. The molecular weight excluding hydrogens is 361 g/mol. The number of rotatable bonds is 4. The maximum absolute atomic E-state index is 11.9. The molecule has 5 nitrogen and oxygen atoms in total. The maximum atomic E-state index is 11.9. The van der Waals surface area contributed by atoms with Gasteiger partial charge in [0.1, 0.15) is 5.75 Å². The fraction of sp³-hybridized carbons (Fsp3) is 0.385. The highest BCUT2D eigenvalue weighted by Gasteiger charge is 2.30. The SMILES string of the molecule is O=C(O)C1CCN(C(=O)COc2ccc(I)cc2)C1. The van der Waals surface area contributed by atoms with E-state index in [1.165, 1.54) is 0 Å². The molecule has 1 atom stereocenters. The van der Waals surface area contributed by atoms with Gasteiger partial charge in [0.2, 0.25) is 0 Å². The maximum Gasteiger partial charge on any atom is 0.308 e. The third-order valence-corrected chi connectivity index (χ3v) is 3.79. The Morgan fingerprint density at radius 1 is 1.37 bits per heavy atom.